The lowest BCUT2D eigenvalue weighted by Crippen LogP contribution is -2.41. The van der Waals surface area contributed by atoms with Gasteiger partial charge in [0.05, 0.1) is 7.05 Å². The fourth-order valence-corrected chi connectivity index (χ4v) is 2.31. The Morgan fingerprint density at radius 3 is 2.68 bits per heavy atom. The first-order valence-corrected chi connectivity index (χ1v) is 5.77. The number of nitro groups is 1. The number of hydrogen-bond acceptors (Lipinski definition) is 4. The summed E-state index contributed by atoms with van der Waals surface area (Å²) in [6, 6.07) is 1.73. The Morgan fingerprint density at radius 1 is 1.47 bits per heavy atom. The molecule has 1 N–H and O–H groups in total. The predicted molar refractivity (Wildman–Crippen MR) is 63.8 cm³/mol. The van der Waals surface area contributed by atoms with Gasteiger partial charge in [-0.05, 0) is 23.8 Å². The van der Waals surface area contributed by atoms with Crippen molar-refractivity contribution in [2.45, 2.75) is 18.9 Å². The quantitative estimate of drug-likeness (QED) is 0.638. The molecule has 1 aliphatic heterocycles. The number of rotatable bonds is 3. The molecule has 0 radical (unpaired) electrons. The molecule has 1 saturated heterocycles. The maximum absolute atomic E-state index is 12.2. The molecule has 1 aromatic rings. The third kappa shape index (κ3) is 2.16. The van der Waals surface area contributed by atoms with Gasteiger partial charge in [0, 0.05) is 12.6 Å². The summed E-state index contributed by atoms with van der Waals surface area (Å²) >= 11 is 0. The minimum atomic E-state index is -1.05. The third-order valence-electron chi connectivity index (χ3n) is 3.30. The van der Waals surface area contributed by atoms with E-state index in [1.54, 1.807) is 0 Å². The van der Waals surface area contributed by atoms with Gasteiger partial charge in [-0.2, -0.15) is 0 Å². The van der Waals surface area contributed by atoms with Crippen LogP contribution in [0.15, 0.2) is 12.1 Å². The highest BCUT2D eigenvalue weighted by atomic mass is 16.6. The lowest BCUT2D eigenvalue weighted by molar-refractivity contribution is -0.391. The van der Waals surface area contributed by atoms with Crippen molar-refractivity contribution in [2.24, 2.45) is 7.05 Å². The van der Waals surface area contributed by atoms with E-state index in [-0.39, 0.29) is 11.5 Å². The molecule has 2 rings (SSSR count). The first-order valence-electron chi connectivity index (χ1n) is 5.77. The second kappa shape index (κ2) is 4.71. The third-order valence-corrected chi connectivity index (χ3v) is 3.30. The number of carbonyl (C=O) groups is 2. The average Bonchev–Trinajstić information content (AvgIpc) is 2.93. The van der Waals surface area contributed by atoms with E-state index in [0.29, 0.717) is 19.4 Å². The maximum Gasteiger partial charge on any atom is 0.326 e. The lowest BCUT2D eigenvalue weighted by atomic mass is 10.2. The van der Waals surface area contributed by atoms with Crippen LogP contribution in [0, 0.1) is 10.1 Å². The predicted octanol–water partition coefficient (Wildman–Crippen LogP) is 0.623. The van der Waals surface area contributed by atoms with E-state index in [2.05, 4.69) is 0 Å². The molecule has 1 fully saturated rings. The van der Waals surface area contributed by atoms with Gasteiger partial charge < -0.3 is 20.1 Å². The highest BCUT2D eigenvalue weighted by molar-refractivity contribution is 5.96. The fourth-order valence-electron chi connectivity index (χ4n) is 2.31. The first-order chi connectivity index (χ1) is 8.93. The van der Waals surface area contributed by atoms with Crippen molar-refractivity contribution in [1.29, 1.82) is 0 Å². The van der Waals surface area contributed by atoms with Crippen LogP contribution < -0.4 is 0 Å². The van der Waals surface area contributed by atoms with Crippen LogP contribution in [0.4, 0.5) is 5.82 Å². The van der Waals surface area contributed by atoms with Crippen molar-refractivity contribution in [3.05, 3.63) is 27.9 Å². The Morgan fingerprint density at radius 2 is 2.16 bits per heavy atom. The molecule has 1 amide bonds. The molecule has 1 atom stereocenters. The van der Waals surface area contributed by atoms with Gasteiger partial charge in [0.1, 0.15) is 6.04 Å². The van der Waals surface area contributed by atoms with Crippen molar-refractivity contribution >= 4 is 17.7 Å². The van der Waals surface area contributed by atoms with Crippen LogP contribution >= 0.6 is 0 Å². The molecular formula is C11H13N3O5. The summed E-state index contributed by atoms with van der Waals surface area (Å²) in [6.45, 7) is 0.356. The number of likely N-dealkylation sites (tertiary alicyclic amines) is 1. The van der Waals surface area contributed by atoms with Crippen molar-refractivity contribution in [2.75, 3.05) is 6.54 Å². The van der Waals surface area contributed by atoms with Gasteiger partial charge >= 0.3 is 11.8 Å². The van der Waals surface area contributed by atoms with Gasteiger partial charge in [-0.25, -0.2) is 9.36 Å². The highest BCUT2D eigenvalue weighted by Crippen LogP contribution is 2.22. The molecule has 0 bridgehead atoms. The van der Waals surface area contributed by atoms with E-state index in [0.717, 1.165) is 0 Å². The number of aliphatic carboxylic acids is 1. The van der Waals surface area contributed by atoms with Crippen LogP contribution in [-0.2, 0) is 11.8 Å². The zero-order valence-corrected chi connectivity index (χ0v) is 10.3. The largest absolute Gasteiger partial charge is 0.480 e. The molecule has 1 aliphatic rings. The number of carboxylic acid groups (broad SMARTS) is 1. The van der Waals surface area contributed by atoms with Crippen LogP contribution in [-0.4, -0.2) is 44.0 Å². The molecule has 0 unspecified atom stereocenters. The van der Waals surface area contributed by atoms with E-state index in [1.807, 2.05) is 0 Å². The van der Waals surface area contributed by atoms with Gasteiger partial charge in [-0.3, -0.25) is 4.79 Å². The minimum Gasteiger partial charge on any atom is -0.480 e. The molecule has 0 aliphatic carbocycles. The van der Waals surface area contributed by atoms with Gasteiger partial charge in [0.15, 0.2) is 5.69 Å². The van der Waals surface area contributed by atoms with Crippen LogP contribution in [0.3, 0.4) is 0 Å². The Balaban J connectivity index is 2.29. The van der Waals surface area contributed by atoms with E-state index in [4.69, 9.17) is 5.11 Å². The molecule has 102 valence electrons. The van der Waals surface area contributed by atoms with Gasteiger partial charge in [-0.15, -0.1) is 0 Å². The molecule has 8 nitrogen and oxygen atoms in total. The van der Waals surface area contributed by atoms with Crippen LogP contribution in [0.25, 0.3) is 0 Å². The number of carboxylic acids is 1. The zero-order valence-electron chi connectivity index (χ0n) is 10.3. The molecule has 0 saturated carbocycles. The smallest absolute Gasteiger partial charge is 0.326 e. The van der Waals surface area contributed by atoms with Crippen LogP contribution in [0.2, 0.25) is 0 Å². The lowest BCUT2D eigenvalue weighted by Gasteiger charge is -2.20. The zero-order chi connectivity index (χ0) is 14.2. The van der Waals surface area contributed by atoms with E-state index < -0.39 is 22.8 Å². The number of amides is 1. The summed E-state index contributed by atoms with van der Waals surface area (Å²) in [7, 11) is 1.41. The number of hydrogen-bond donors (Lipinski definition) is 1. The Labute approximate surface area is 108 Å². The molecular weight excluding hydrogens is 254 g/mol. The summed E-state index contributed by atoms with van der Waals surface area (Å²) in [5, 5.41) is 19.8. The van der Waals surface area contributed by atoms with Crippen molar-refractivity contribution in [3.8, 4) is 0 Å². The molecule has 0 spiro atoms. The van der Waals surface area contributed by atoms with Gasteiger partial charge in [-0.1, -0.05) is 0 Å². The Hall–Kier alpha value is -2.38. The van der Waals surface area contributed by atoms with E-state index in [9.17, 15) is 19.7 Å². The fraction of sp³-hybridized carbons (Fsp3) is 0.455. The van der Waals surface area contributed by atoms with E-state index >= 15 is 0 Å². The number of aromatic nitrogens is 1. The summed E-state index contributed by atoms with van der Waals surface area (Å²) in [4.78, 5) is 34.7. The van der Waals surface area contributed by atoms with Crippen LogP contribution in [0.1, 0.15) is 23.3 Å². The second-order valence-electron chi connectivity index (χ2n) is 4.39. The first kappa shape index (κ1) is 13.1. The summed E-state index contributed by atoms with van der Waals surface area (Å²) in [6.07, 6.45) is 1.03. The Kier molecular flexibility index (Phi) is 3.24. The molecule has 19 heavy (non-hydrogen) atoms. The minimum absolute atomic E-state index is 0.125. The molecule has 2 heterocycles. The molecule has 0 aromatic carbocycles. The summed E-state index contributed by atoms with van der Waals surface area (Å²) in [5.74, 6) is -1.73. The standard InChI is InChI=1S/C11H13N3O5/c1-12-7(4-5-9(12)14(18)19)10(15)13-6-2-3-8(13)11(16)17/h4-5,8H,2-3,6H2,1H3,(H,16,17)/t8-/m0/s1. The van der Waals surface area contributed by atoms with Crippen molar-refractivity contribution in [1.82, 2.24) is 9.47 Å². The SMILES string of the molecule is Cn1c(C(=O)N2CCC[C@H]2C(=O)O)ccc1[N+](=O)[O-]. The number of carbonyl (C=O) groups excluding carboxylic acids is 1. The number of nitrogens with zero attached hydrogens (tertiary/aromatic N) is 3. The topological polar surface area (TPSA) is 106 Å². The van der Waals surface area contributed by atoms with Crippen molar-refractivity contribution in [3.63, 3.8) is 0 Å². The second-order valence-corrected chi connectivity index (χ2v) is 4.39. The monoisotopic (exact) mass is 267 g/mol. The van der Waals surface area contributed by atoms with E-state index in [1.165, 1.54) is 28.6 Å². The average molecular weight is 267 g/mol. The highest BCUT2D eigenvalue weighted by Gasteiger charge is 2.37. The summed E-state index contributed by atoms with van der Waals surface area (Å²) in [5.41, 5.74) is 0.125. The maximum atomic E-state index is 12.2. The molecule has 8 heteroatoms. The van der Waals surface area contributed by atoms with Gasteiger partial charge in [0.25, 0.3) is 5.91 Å². The summed E-state index contributed by atoms with van der Waals surface area (Å²) < 4.78 is 1.17. The van der Waals surface area contributed by atoms with Crippen molar-refractivity contribution < 1.29 is 19.6 Å². The normalized spacial score (nSPS) is 18.6. The van der Waals surface area contributed by atoms with Crippen LogP contribution in [0.5, 0.6) is 0 Å². The Bertz CT molecular complexity index is 551. The molecule has 1 aromatic heterocycles. The van der Waals surface area contributed by atoms with Gasteiger partial charge in [0.2, 0.25) is 0 Å².